The van der Waals surface area contributed by atoms with Gasteiger partial charge in [0.25, 0.3) is 0 Å². The van der Waals surface area contributed by atoms with Gasteiger partial charge in [0.15, 0.2) is 0 Å². The van der Waals surface area contributed by atoms with E-state index in [1.54, 1.807) is 12.2 Å². The van der Waals surface area contributed by atoms with Gasteiger partial charge >= 0.3 is 0 Å². The first-order chi connectivity index (χ1) is 8.69. The van der Waals surface area contributed by atoms with Crippen LogP contribution in [0.1, 0.15) is 17.7 Å². The summed E-state index contributed by atoms with van der Waals surface area (Å²) >= 11 is 7.28. The molecule has 5 heteroatoms. The number of rotatable bonds is 4. The number of aliphatic hydroxyl groups excluding tert-OH is 1. The molecule has 0 radical (unpaired) electrons. The van der Waals surface area contributed by atoms with Crippen molar-refractivity contribution in [1.82, 2.24) is 4.90 Å². The smallest absolute Gasteiger partial charge is 0.246 e. The molecule has 1 fully saturated rings. The molecule has 1 N–H and O–H groups in total. The molecular formula is C13H16ClNO2S. The van der Waals surface area contributed by atoms with Crippen molar-refractivity contribution in [3.8, 4) is 0 Å². The van der Waals surface area contributed by atoms with Crippen LogP contribution in [0.3, 0.4) is 0 Å². The number of likely N-dealkylation sites (tertiary alicyclic amines) is 1. The second-order valence-corrected chi connectivity index (χ2v) is 6.17. The quantitative estimate of drug-likeness (QED) is 0.864. The molecule has 0 saturated carbocycles. The fraction of sp³-hybridized carbons (Fsp3) is 0.462. The van der Waals surface area contributed by atoms with Crippen molar-refractivity contribution in [3.63, 3.8) is 0 Å². The third kappa shape index (κ3) is 3.57. The highest BCUT2D eigenvalue weighted by atomic mass is 35.5. The van der Waals surface area contributed by atoms with Gasteiger partial charge in [0.2, 0.25) is 5.91 Å². The Morgan fingerprint density at radius 2 is 2.44 bits per heavy atom. The molecule has 98 valence electrons. The lowest BCUT2D eigenvalue weighted by molar-refractivity contribution is -0.125. The topological polar surface area (TPSA) is 40.5 Å². The lowest BCUT2D eigenvalue weighted by atomic mass is 10.1. The van der Waals surface area contributed by atoms with Gasteiger partial charge in [0.1, 0.15) is 0 Å². The van der Waals surface area contributed by atoms with Crippen LogP contribution in [-0.2, 0) is 4.79 Å². The Kier molecular flexibility index (Phi) is 4.80. The molecule has 0 bridgehead atoms. The summed E-state index contributed by atoms with van der Waals surface area (Å²) < 4.78 is 0.728. The van der Waals surface area contributed by atoms with Crippen LogP contribution in [0.15, 0.2) is 18.2 Å². The molecule has 2 rings (SSSR count). The molecule has 18 heavy (non-hydrogen) atoms. The van der Waals surface area contributed by atoms with Crippen LogP contribution < -0.4 is 0 Å². The van der Waals surface area contributed by atoms with Crippen molar-refractivity contribution >= 4 is 34.9 Å². The maximum absolute atomic E-state index is 11.9. The first kappa shape index (κ1) is 13.6. The third-order valence-electron chi connectivity index (χ3n) is 3.12. The molecule has 1 aromatic rings. The third-order valence-corrected chi connectivity index (χ3v) is 4.32. The lowest BCUT2D eigenvalue weighted by Gasteiger charge is -2.13. The van der Waals surface area contributed by atoms with Gasteiger partial charge in [-0.3, -0.25) is 4.79 Å². The van der Waals surface area contributed by atoms with Crippen molar-refractivity contribution < 1.29 is 9.90 Å². The van der Waals surface area contributed by atoms with Crippen molar-refractivity contribution in [3.05, 3.63) is 27.4 Å². The average Bonchev–Trinajstić information content (AvgIpc) is 2.96. The molecule has 0 aliphatic carbocycles. The number of halogens is 1. The molecule has 3 nitrogen and oxygen atoms in total. The number of hydrogen-bond donors (Lipinski definition) is 1. The number of carbonyl (C=O) groups is 1. The molecule has 1 aromatic heterocycles. The second kappa shape index (κ2) is 6.36. The molecule has 0 aromatic carbocycles. The molecular weight excluding hydrogens is 270 g/mol. The Morgan fingerprint density at radius 3 is 3.11 bits per heavy atom. The van der Waals surface area contributed by atoms with E-state index in [1.165, 1.54) is 11.3 Å². The number of hydrogen-bond acceptors (Lipinski definition) is 3. The summed E-state index contributed by atoms with van der Waals surface area (Å²) in [4.78, 5) is 14.7. The molecule has 1 saturated heterocycles. The summed E-state index contributed by atoms with van der Waals surface area (Å²) in [6.07, 6.45) is 5.18. The fourth-order valence-corrected chi connectivity index (χ4v) is 3.09. The molecule has 1 aliphatic rings. The molecule has 1 aliphatic heterocycles. The number of aliphatic hydroxyl groups is 1. The number of carbonyl (C=O) groups excluding carboxylic acids is 1. The van der Waals surface area contributed by atoms with E-state index in [4.69, 9.17) is 16.7 Å². The van der Waals surface area contributed by atoms with E-state index in [1.807, 2.05) is 17.0 Å². The van der Waals surface area contributed by atoms with Crippen LogP contribution >= 0.6 is 22.9 Å². The summed E-state index contributed by atoms with van der Waals surface area (Å²) in [6.45, 7) is 1.75. The number of nitrogens with zero attached hydrogens (tertiary/aromatic N) is 1. The first-order valence-corrected chi connectivity index (χ1v) is 7.21. The largest absolute Gasteiger partial charge is 0.396 e. The van der Waals surface area contributed by atoms with E-state index >= 15 is 0 Å². The SMILES string of the molecule is O=C(/C=C/c1ccc(Cl)s1)N1CCC(CCO)C1. The van der Waals surface area contributed by atoms with Crippen molar-refractivity contribution in [2.24, 2.45) is 5.92 Å². The number of amides is 1. The van der Waals surface area contributed by atoms with Gasteiger partial charge in [0, 0.05) is 30.6 Å². The number of thiophene rings is 1. The van der Waals surface area contributed by atoms with Gasteiger partial charge in [-0.1, -0.05) is 11.6 Å². The van der Waals surface area contributed by atoms with Gasteiger partial charge in [0.05, 0.1) is 4.34 Å². The molecule has 1 atom stereocenters. The maximum Gasteiger partial charge on any atom is 0.246 e. The Balaban J connectivity index is 1.87. The summed E-state index contributed by atoms with van der Waals surface area (Å²) in [6, 6.07) is 3.72. The highest BCUT2D eigenvalue weighted by Gasteiger charge is 2.24. The second-order valence-electron chi connectivity index (χ2n) is 4.43. The predicted octanol–water partition coefficient (Wildman–Crippen LogP) is 2.65. The minimum atomic E-state index is 0.0416. The maximum atomic E-state index is 11.9. The zero-order valence-electron chi connectivity index (χ0n) is 10.0. The van der Waals surface area contributed by atoms with Crippen LogP contribution in [0.2, 0.25) is 4.34 Å². The molecule has 1 unspecified atom stereocenters. The van der Waals surface area contributed by atoms with Gasteiger partial charge in [-0.25, -0.2) is 0 Å². The summed E-state index contributed by atoms with van der Waals surface area (Å²) in [7, 11) is 0. The predicted molar refractivity (Wildman–Crippen MR) is 74.8 cm³/mol. The highest BCUT2D eigenvalue weighted by molar-refractivity contribution is 7.17. The minimum absolute atomic E-state index is 0.0416. The van der Waals surface area contributed by atoms with Gasteiger partial charge in [-0.2, -0.15) is 0 Å². The Bertz CT molecular complexity index is 444. The van der Waals surface area contributed by atoms with E-state index in [0.29, 0.717) is 5.92 Å². The van der Waals surface area contributed by atoms with E-state index < -0.39 is 0 Å². The Labute approximate surface area is 116 Å². The minimum Gasteiger partial charge on any atom is -0.396 e. The summed E-state index contributed by atoms with van der Waals surface area (Å²) in [5.41, 5.74) is 0. The van der Waals surface area contributed by atoms with Crippen molar-refractivity contribution in [2.45, 2.75) is 12.8 Å². The van der Waals surface area contributed by atoms with E-state index in [-0.39, 0.29) is 12.5 Å². The van der Waals surface area contributed by atoms with Crippen LogP contribution in [0.4, 0.5) is 0 Å². The van der Waals surface area contributed by atoms with Gasteiger partial charge in [-0.15, -0.1) is 11.3 Å². The van der Waals surface area contributed by atoms with Crippen LogP contribution in [0.5, 0.6) is 0 Å². The van der Waals surface area contributed by atoms with Crippen molar-refractivity contribution in [1.29, 1.82) is 0 Å². The van der Waals surface area contributed by atoms with E-state index in [2.05, 4.69) is 0 Å². The van der Waals surface area contributed by atoms with Gasteiger partial charge < -0.3 is 10.0 Å². The normalized spacial score (nSPS) is 19.9. The van der Waals surface area contributed by atoms with Crippen LogP contribution in [-0.4, -0.2) is 35.6 Å². The summed E-state index contributed by atoms with van der Waals surface area (Å²) in [5, 5.41) is 8.88. The first-order valence-electron chi connectivity index (χ1n) is 6.02. The van der Waals surface area contributed by atoms with Crippen LogP contribution in [0.25, 0.3) is 6.08 Å². The lowest BCUT2D eigenvalue weighted by Crippen LogP contribution is -2.26. The monoisotopic (exact) mass is 285 g/mol. The van der Waals surface area contributed by atoms with E-state index in [9.17, 15) is 4.79 Å². The molecule has 1 amide bonds. The van der Waals surface area contributed by atoms with Crippen molar-refractivity contribution in [2.75, 3.05) is 19.7 Å². The molecule has 0 spiro atoms. The zero-order valence-corrected chi connectivity index (χ0v) is 11.6. The molecule has 2 heterocycles. The Hall–Kier alpha value is -0.840. The van der Waals surface area contributed by atoms with Gasteiger partial charge in [-0.05, 0) is 37.0 Å². The average molecular weight is 286 g/mol. The standard InChI is InChI=1S/C13H16ClNO2S/c14-12-3-1-11(18-12)2-4-13(17)15-7-5-10(9-15)6-8-16/h1-4,10,16H,5-9H2/b4-2+. The van der Waals surface area contributed by atoms with Crippen LogP contribution in [0, 0.1) is 5.92 Å². The highest BCUT2D eigenvalue weighted by Crippen LogP contribution is 2.23. The van der Waals surface area contributed by atoms with E-state index in [0.717, 1.165) is 35.1 Å². The fourth-order valence-electron chi connectivity index (χ4n) is 2.13. The zero-order chi connectivity index (χ0) is 13.0. The Morgan fingerprint density at radius 1 is 1.61 bits per heavy atom. The summed E-state index contributed by atoms with van der Waals surface area (Å²) in [5.74, 6) is 0.489.